The minimum atomic E-state index is 0.236. The normalized spacial score (nSPS) is 57.0. The van der Waals surface area contributed by atoms with Crippen LogP contribution >= 0.6 is 11.8 Å². The Morgan fingerprint density at radius 2 is 0.537 bits per heavy atom. The second kappa shape index (κ2) is 11.1. The molecule has 4 aliphatic carbocycles. The molecule has 7 N–H and O–H groups in total. The van der Waals surface area contributed by atoms with Crippen molar-refractivity contribution in [3.63, 3.8) is 0 Å². The van der Waals surface area contributed by atoms with Gasteiger partial charge in [0.25, 0.3) is 0 Å². The molecule has 0 aromatic carbocycles. The van der Waals surface area contributed by atoms with Gasteiger partial charge in [-0.3, -0.25) is 37.2 Å². The van der Waals surface area contributed by atoms with Gasteiger partial charge in [-0.2, -0.15) is 4.42 Å². The lowest BCUT2D eigenvalue weighted by Gasteiger charge is -2.35. The van der Waals surface area contributed by atoms with Gasteiger partial charge >= 0.3 is 0 Å². The lowest BCUT2D eigenvalue weighted by molar-refractivity contribution is 0.156. The maximum atomic E-state index is 7.46. The van der Waals surface area contributed by atoms with E-state index in [1.807, 2.05) is 0 Å². The highest BCUT2D eigenvalue weighted by Gasteiger charge is 2.56. The van der Waals surface area contributed by atoms with Crippen molar-refractivity contribution in [3.05, 3.63) is 0 Å². The van der Waals surface area contributed by atoms with Gasteiger partial charge in [0.1, 0.15) is 0 Å². The van der Waals surface area contributed by atoms with Crippen LogP contribution in [0.4, 0.5) is 0 Å². The number of nitrogens with zero attached hydrogens (tertiary/aromatic N) is 1. The van der Waals surface area contributed by atoms with E-state index in [0.717, 1.165) is 11.8 Å². The van der Waals surface area contributed by atoms with Crippen molar-refractivity contribution < 1.29 is 0 Å². The third-order valence-electron chi connectivity index (χ3n) is 13.9. The summed E-state index contributed by atoms with van der Waals surface area (Å²) in [6, 6.07) is 0. The first-order valence-corrected chi connectivity index (χ1v) is 18.3. The lowest BCUT2D eigenvalue weighted by Crippen LogP contribution is -2.61. The van der Waals surface area contributed by atoms with Crippen LogP contribution in [-0.4, -0.2) is 53.7 Å². The van der Waals surface area contributed by atoms with Gasteiger partial charge in [0.15, 0.2) is 0 Å². The summed E-state index contributed by atoms with van der Waals surface area (Å²) in [4.78, 5) is 0. The summed E-state index contributed by atoms with van der Waals surface area (Å²) in [5.41, 5.74) is 0. The maximum Gasteiger partial charge on any atom is 0.0804 e. The molecule has 41 heavy (non-hydrogen) atoms. The van der Waals surface area contributed by atoms with E-state index in [0.29, 0.717) is 72.5 Å². The van der Waals surface area contributed by atoms with Crippen LogP contribution in [0.2, 0.25) is 0 Å². The van der Waals surface area contributed by atoms with Crippen LogP contribution in [0.3, 0.4) is 0 Å². The molecular weight excluding hydrogens is 532 g/mol. The van der Waals surface area contributed by atoms with Crippen molar-refractivity contribution in [3.8, 4) is 0 Å². The summed E-state index contributed by atoms with van der Waals surface area (Å²) in [5.74, 6) is 5.49. The monoisotopic (exact) mass is 586 g/mol. The molecule has 5 heterocycles. The van der Waals surface area contributed by atoms with E-state index in [4.69, 9.17) is 11.8 Å². The first-order valence-electron chi connectivity index (χ1n) is 18.0. The molecule has 16 unspecified atom stereocenters. The lowest BCUT2D eigenvalue weighted by atomic mass is 9.76. The number of hydrogen-bond donors (Lipinski definition) is 7. The van der Waals surface area contributed by atoms with E-state index in [1.54, 1.807) is 0 Å². The Hall–Kier alpha value is -0.0300. The van der Waals surface area contributed by atoms with Gasteiger partial charge in [0.2, 0.25) is 0 Å². The molecule has 9 fully saturated rings. The van der Waals surface area contributed by atoms with Crippen molar-refractivity contribution >= 4 is 11.8 Å². The van der Waals surface area contributed by atoms with E-state index in [1.165, 1.54) is 103 Å². The summed E-state index contributed by atoms with van der Waals surface area (Å²) in [6.07, 6.45) is 24.3. The smallest absolute Gasteiger partial charge is 0.0804 e. The molecule has 9 aliphatic rings. The predicted molar refractivity (Wildman–Crippen MR) is 162 cm³/mol. The molecule has 0 aromatic rings. The molecule has 0 amide bonds. The minimum Gasteiger partial charge on any atom is -0.286 e. The molecule has 0 spiro atoms. The highest BCUT2D eigenvalue weighted by molar-refractivity contribution is 6.14. The fourth-order valence-electron chi connectivity index (χ4n) is 12.1. The van der Waals surface area contributed by atoms with Gasteiger partial charge in [-0.1, -0.05) is 51.4 Å². The average molecular weight is 587 g/mol. The van der Waals surface area contributed by atoms with Crippen molar-refractivity contribution in [2.24, 2.45) is 47.3 Å². The molecule has 9 heteroatoms. The Kier molecular flexibility index (Phi) is 7.39. The number of nitrogens with one attached hydrogen (secondary N) is 7. The topological polar surface area (TPSA) is 87.5 Å². The van der Waals surface area contributed by atoms with E-state index in [9.17, 15) is 0 Å². The number of hydrogen-bond acceptors (Lipinski definition) is 8. The second-order valence-corrected chi connectivity index (χ2v) is 16.1. The third kappa shape index (κ3) is 4.60. The second-order valence-electron chi connectivity index (χ2n) is 15.7. The summed E-state index contributed by atoms with van der Waals surface area (Å²) in [7, 11) is 0. The van der Waals surface area contributed by atoms with E-state index < -0.39 is 0 Å². The molecule has 4 saturated carbocycles. The predicted octanol–water partition coefficient (Wildman–Crippen LogP) is 3.47. The van der Waals surface area contributed by atoms with Gasteiger partial charge in [-0.15, -0.1) is 0 Å². The van der Waals surface area contributed by atoms with Gasteiger partial charge < -0.3 is 0 Å². The Labute approximate surface area is 252 Å². The molecule has 0 radical (unpaired) electrons. The quantitative estimate of drug-likeness (QED) is 0.217. The Balaban J connectivity index is 1.07. The largest absolute Gasteiger partial charge is 0.286 e. The zero-order valence-corrected chi connectivity index (χ0v) is 25.6. The van der Waals surface area contributed by atoms with Gasteiger partial charge in [-0.05, 0) is 110 Å². The third-order valence-corrected chi connectivity index (χ3v) is 14.3. The zero-order valence-electron chi connectivity index (χ0n) is 24.9. The molecule has 9 rings (SSSR count). The van der Waals surface area contributed by atoms with Crippen LogP contribution in [0.15, 0.2) is 0 Å². The zero-order chi connectivity index (χ0) is 27.1. The standard InChI is InChI=1S/C32H55ClN8/c33-41-31-23-15-7-8-16-24(23)32(41)40-30-22-14-6-4-12-20(22)28(38-30)36-26-18-10-2-1-9-17(18)25(34-26)35-27-19-11-3-5-13-21(19)29(37-27)39-31/h17-32,34-40H,1-16H2. The highest BCUT2D eigenvalue weighted by Crippen LogP contribution is 2.48. The maximum absolute atomic E-state index is 7.46. The van der Waals surface area contributed by atoms with Crippen LogP contribution < -0.4 is 37.2 Å². The van der Waals surface area contributed by atoms with Crippen molar-refractivity contribution in [1.29, 1.82) is 0 Å². The van der Waals surface area contributed by atoms with Crippen LogP contribution in [-0.2, 0) is 0 Å². The average Bonchev–Trinajstić information content (AvgIpc) is 3.72. The van der Waals surface area contributed by atoms with E-state index in [2.05, 4.69) is 41.6 Å². The van der Waals surface area contributed by atoms with Gasteiger partial charge in [0, 0.05) is 0 Å². The van der Waals surface area contributed by atoms with Crippen LogP contribution in [0.5, 0.6) is 0 Å². The molecular formula is C32H55ClN8. The van der Waals surface area contributed by atoms with E-state index in [-0.39, 0.29) is 12.3 Å². The minimum absolute atomic E-state index is 0.236. The Morgan fingerprint density at radius 1 is 0.317 bits per heavy atom. The Bertz CT molecular complexity index is 883. The van der Waals surface area contributed by atoms with Crippen molar-refractivity contribution in [1.82, 2.24) is 41.6 Å². The Morgan fingerprint density at radius 3 is 0.805 bits per heavy atom. The summed E-state index contributed by atoms with van der Waals surface area (Å²) < 4.78 is 2.23. The van der Waals surface area contributed by atoms with Crippen LogP contribution in [0.25, 0.3) is 0 Å². The van der Waals surface area contributed by atoms with Crippen LogP contribution in [0, 0.1) is 47.3 Å². The SMILES string of the molecule is ClN1C2NC3NC(NC4NC(NC5NC(NC1C1CCCCC12)C1CCCCC51)C1CCCCC41)C1CCCCC31. The molecule has 0 aromatic heterocycles. The molecule has 16 atom stereocenters. The first kappa shape index (κ1) is 27.3. The van der Waals surface area contributed by atoms with Crippen molar-refractivity contribution in [2.75, 3.05) is 0 Å². The molecule has 5 saturated heterocycles. The molecule has 230 valence electrons. The highest BCUT2D eigenvalue weighted by atomic mass is 35.5. The van der Waals surface area contributed by atoms with Gasteiger partial charge in [0.05, 0.1) is 49.3 Å². The summed E-state index contributed by atoms with van der Waals surface area (Å²) in [5, 5.41) is 29.4. The number of fused-ring (bicyclic) bond motifs is 20. The number of halogens is 1. The fraction of sp³-hybridized carbons (Fsp3) is 1.00. The molecule has 8 bridgehead atoms. The molecule has 5 aliphatic heterocycles. The molecule has 8 nitrogen and oxygen atoms in total. The van der Waals surface area contributed by atoms with Gasteiger partial charge in [-0.25, -0.2) is 0 Å². The number of rotatable bonds is 0. The first-order chi connectivity index (χ1) is 20.2. The fourth-order valence-corrected chi connectivity index (χ4v) is 12.5. The summed E-state index contributed by atoms with van der Waals surface area (Å²) in [6.45, 7) is 0. The summed E-state index contributed by atoms with van der Waals surface area (Å²) >= 11 is 7.46. The van der Waals surface area contributed by atoms with Crippen LogP contribution in [0.1, 0.15) is 103 Å². The van der Waals surface area contributed by atoms with E-state index >= 15 is 0 Å². The van der Waals surface area contributed by atoms with Crippen molar-refractivity contribution in [2.45, 2.75) is 152 Å².